The summed E-state index contributed by atoms with van der Waals surface area (Å²) in [5, 5.41) is 2.27. The summed E-state index contributed by atoms with van der Waals surface area (Å²) in [4.78, 5) is 0. The number of sulfonamides is 1. The van der Waals surface area contributed by atoms with Crippen molar-refractivity contribution in [1.82, 2.24) is 10.0 Å². The van der Waals surface area contributed by atoms with Gasteiger partial charge < -0.3 is 0 Å². The molecule has 3 unspecified atom stereocenters. The minimum absolute atomic E-state index is 0.209. The Bertz CT molecular complexity index is 825. The van der Waals surface area contributed by atoms with Crippen molar-refractivity contribution in [3.05, 3.63) is 71.3 Å². The molecule has 0 spiro atoms. The highest BCUT2D eigenvalue weighted by atomic mass is 32.2. The van der Waals surface area contributed by atoms with E-state index in [-0.39, 0.29) is 18.3 Å². The average Bonchev–Trinajstić information content (AvgIpc) is 2.77. The van der Waals surface area contributed by atoms with Crippen LogP contribution in [0, 0.1) is 17.6 Å². The van der Waals surface area contributed by atoms with Gasteiger partial charge >= 0.3 is 0 Å². The second kappa shape index (κ2) is 6.58. The second-order valence-corrected chi connectivity index (χ2v) is 7.78. The first-order valence-corrected chi connectivity index (χ1v) is 9.16. The molecule has 128 valence electrons. The molecule has 2 N–H and O–H groups in total. The van der Waals surface area contributed by atoms with E-state index >= 15 is 0 Å². The van der Waals surface area contributed by atoms with E-state index in [4.69, 9.17) is 0 Å². The predicted molar refractivity (Wildman–Crippen MR) is 87.4 cm³/mol. The highest BCUT2D eigenvalue weighted by Gasteiger charge is 2.45. The van der Waals surface area contributed by atoms with E-state index in [1.807, 2.05) is 0 Å². The van der Waals surface area contributed by atoms with Crippen LogP contribution in [0.5, 0.6) is 0 Å². The molecule has 1 saturated heterocycles. The Balaban J connectivity index is 1.77. The molecule has 1 heterocycles. The summed E-state index contributed by atoms with van der Waals surface area (Å²) in [5.74, 6) is -1.05. The van der Waals surface area contributed by atoms with Gasteiger partial charge in [0, 0.05) is 18.0 Å². The lowest BCUT2D eigenvalue weighted by Gasteiger charge is -2.19. The normalized spacial score (nSPS) is 25.7. The molecule has 0 bridgehead atoms. The maximum atomic E-state index is 13.7. The van der Waals surface area contributed by atoms with Gasteiger partial charge in [-0.1, -0.05) is 37.3 Å². The zero-order chi connectivity index (χ0) is 17.3. The van der Waals surface area contributed by atoms with Crippen molar-refractivity contribution in [2.75, 3.05) is 0 Å². The van der Waals surface area contributed by atoms with Crippen LogP contribution in [0.3, 0.4) is 0 Å². The van der Waals surface area contributed by atoms with Crippen LogP contribution < -0.4 is 10.0 Å². The van der Waals surface area contributed by atoms with Crippen molar-refractivity contribution in [1.29, 1.82) is 0 Å². The molecule has 0 aliphatic carbocycles. The first-order valence-electron chi connectivity index (χ1n) is 7.62. The summed E-state index contributed by atoms with van der Waals surface area (Å²) < 4.78 is 54.2. The maximum Gasteiger partial charge on any atom is 0.220 e. The van der Waals surface area contributed by atoms with E-state index in [0.717, 1.165) is 0 Å². The van der Waals surface area contributed by atoms with Crippen LogP contribution in [0.4, 0.5) is 8.78 Å². The molecule has 1 aliphatic rings. The number of hydrogen-bond acceptors (Lipinski definition) is 3. The van der Waals surface area contributed by atoms with Crippen LogP contribution in [0.2, 0.25) is 0 Å². The van der Waals surface area contributed by atoms with E-state index in [1.54, 1.807) is 25.1 Å². The second-order valence-electron chi connectivity index (χ2n) is 5.94. The summed E-state index contributed by atoms with van der Waals surface area (Å²) in [6, 6.07) is 11.8. The molecule has 2 aromatic carbocycles. The predicted octanol–water partition coefficient (Wildman–Crippen LogP) is 2.69. The van der Waals surface area contributed by atoms with Crippen LogP contribution in [0.15, 0.2) is 48.5 Å². The number of halogens is 2. The number of hydrogen-bond donors (Lipinski definition) is 2. The summed E-state index contributed by atoms with van der Waals surface area (Å²) in [6.45, 7) is 2.00. The smallest absolute Gasteiger partial charge is 0.220 e. The van der Waals surface area contributed by atoms with E-state index < -0.39 is 27.3 Å². The van der Waals surface area contributed by atoms with Gasteiger partial charge in [0.05, 0.1) is 6.17 Å². The van der Waals surface area contributed by atoms with Crippen molar-refractivity contribution in [3.63, 3.8) is 0 Å². The highest BCUT2D eigenvalue weighted by molar-refractivity contribution is 7.90. The zero-order valence-electron chi connectivity index (χ0n) is 13.0. The van der Waals surface area contributed by atoms with Crippen LogP contribution in [-0.2, 0) is 16.6 Å². The van der Waals surface area contributed by atoms with Gasteiger partial charge in [0.15, 0.2) is 0 Å². The molecule has 24 heavy (non-hydrogen) atoms. The lowest BCUT2D eigenvalue weighted by atomic mass is 9.98. The van der Waals surface area contributed by atoms with Crippen molar-refractivity contribution < 1.29 is 17.2 Å². The van der Waals surface area contributed by atoms with Crippen molar-refractivity contribution >= 4 is 10.0 Å². The Kier molecular flexibility index (Phi) is 4.67. The summed E-state index contributed by atoms with van der Waals surface area (Å²) in [5.41, 5.74) is 1.00. The van der Waals surface area contributed by atoms with Crippen molar-refractivity contribution in [3.8, 4) is 0 Å². The third kappa shape index (κ3) is 3.33. The average molecular weight is 352 g/mol. The topological polar surface area (TPSA) is 58.2 Å². The quantitative estimate of drug-likeness (QED) is 0.890. The fourth-order valence-electron chi connectivity index (χ4n) is 3.04. The van der Waals surface area contributed by atoms with E-state index in [2.05, 4.69) is 10.0 Å². The van der Waals surface area contributed by atoms with Crippen molar-refractivity contribution in [2.24, 2.45) is 5.92 Å². The van der Waals surface area contributed by atoms with Crippen LogP contribution >= 0.6 is 0 Å². The van der Waals surface area contributed by atoms with Gasteiger partial charge in [-0.2, -0.15) is 4.72 Å². The SMILES string of the molecule is CC1C(NCc2ccccc2F)NS(=O)(=O)C1c1ccc(F)cc1. The number of rotatable bonds is 4. The Labute approximate surface area is 139 Å². The minimum atomic E-state index is -3.59. The van der Waals surface area contributed by atoms with Crippen LogP contribution in [0.25, 0.3) is 0 Å². The van der Waals surface area contributed by atoms with Crippen molar-refractivity contribution in [2.45, 2.75) is 24.9 Å². The van der Waals surface area contributed by atoms with Gasteiger partial charge in [0.25, 0.3) is 0 Å². The molecule has 3 rings (SSSR count). The molecule has 1 fully saturated rings. The Morgan fingerprint density at radius 1 is 1.08 bits per heavy atom. The van der Waals surface area contributed by atoms with Gasteiger partial charge in [0.1, 0.15) is 16.9 Å². The molecule has 2 aromatic rings. The first-order chi connectivity index (χ1) is 11.4. The molecule has 0 saturated carbocycles. The Hall–Kier alpha value is -1.83. The minimum Gasteiger partial charge on any atom is -0.297 e. The fourth-order valence-corrected chi connectivity index (χ4v) is 5.08. The van der Waals surface area contributed by atoms with E-state index in [0.29, 0.717) is 11.1 Å². The number of benzene rings is 2. The highest BCUT2D eigenvalue weighted by Crippen LogP contribution is 2.36. The molecule has 0 amide bonds. The molecule has 1 aliphatic heterocycles. The largest absolute Gasteiger partial charge is 0.297 e. The molecular formula is C17H18F2N2O2S. The molecule has 7 heteroatoms. The summed E-state index contributed by atoms with van der Waals surface area (Å²) in [6.07, 6.45) is -0.523. The standard InChI is InChI=1S/C17H18F2N2O2S/c1-11-16(12-6-8-14(18)9-7-12)24(22,23)21-17(11)20-10-13-4-2-3-5-15(13)19/h2-9,11,16-17,20-21H,10H2,1H3. The van der Waals surface area contributed by atoms with Crippen LogP contribution in [0.1, 0.15) is 23.3 Å². The molecular weight excluding hydrogens is 334 g/mol. The van der Waals surface area contributed by atoms with E-state index in [1.165, 1.54) is 30.3 Å². The third-order valence-electron chi connectivity index (χ3n) is 4.30. The van der Waals surface area contributed by atoms with Gasteiger partial charge in [-0.25, -0.2) is 17.2 Å². The Morgan fingerprint density at radius 2 is 1.75 bits per heavy atom. The maximum absolute atomic E-state index is 13.7. The Morgan fingerprint density at radius 3 is 2.42 bits per heavy atom. The fraction of sp³-hybridized carbons (Fsp3) is 0.294. The van der Waals surface area contributed by atoms with Gasteiger partial charge in [-0.3, -0.25) is 5.32 Å². The first kappa shape index (κ1) is 17.0. The molecule has 4 nitrogen and oxygen atoms in total. The van der Waals surface area contributed by atoms with Crippen LogP contribution in [-0.4, -0.2) is 14.6 Å². The number of nitrogens with one attached hydrogen (secondary N) is 2. The summed E-state index contributed by atoms with van der Waals surface area (Å²) in [7, 11) is -3.59. The van der Waals surface area contributed by atoms with Gasteiger partial charge in [-0.15, -0.1) is 0 Å². The summed E-state index contributed by atoms with van der Waals surface area (Å²) >= 11 is 0. The lowest BCUT2D eigenvalue weighted by Crippen LogP contribution is -2.41. The molecule has 3 atom stereocenters. The van der Waals surface area contributed by atoms with Gasteiger partial charge in [-0.05, 0) is 23.8 Å². The van der Waals surface area contributed by atoms with E-state index in [9.17, 15) is 17.2 Å². The lowest BCUT2D eigenvalue weighted by molar-refractivity contribution is 0.379. The molecule has 0 aromatic heterocycles. The van der Waals surface area contributed by atoms with Gasteiger partial charge in [0.2, 0.25) is 10.0 Å². The molecule has 0 radical (unpaired) electrons. The third-order valence-corrected chi connectivity index (χ3v) is 6.25. The zero-order valence-corrected chi connectivity index (χ0v) is 13.9. The monoisotopic (exact) mass is 352 g/mol.